The fourth-order valence-corrected chi connectivity index (χ4v) is 11.3. The summed E-state index contributed by atoms with van der Waals surface area (Å²) >= 11 is 0. The highest BCUT2D eigenvalue weighted by Gasteiger charge is 2.37. The normalized spacial score (nSPS) is 16.0. The predicted octanol–water partition coefficient (Wildman–Crippen LogP) is 14.4. The van der Waals surface area contributed by atoms with Crippen LogP contribution in [-0.4, -0.2) is 12.5 Å². The lowest BCUT2D eigenvalue weighted by atomic mass is 9.79. The molecular formula is C49H49NOS. The zero-order chi connectivity index (χ0) is 36.5. The molecule has 0 bridgehead atoms. The van der Waals surface area contributed by atoms with Gasteiger partial charge in [0.15, 0.2) is 0 Å². The monoisotopic (exact) mass is 699 g/mol. The lowest BCUT2D eigenvalue weighted by Gasteiger charge is -2.31. The molecule has 2 heterocycles. The van der Waals surface area contributed by atoms with E-state index in [-0.39, 0.29) is 16.2 Å². The van der Waals surface area contributed by atoms with Crippen LogP contribution in [0.5, 0.6) is 0 Å². The second-order valence-electron chi connectivity index (χ2n) is 17.9. The van der Waals surface area contributed by atoms with Crippen LogP contribution in [0, 0.1) is 0 Å². The summed E-state index contributed by atoms with van der Waals surface area (Å²) < 4.78 is 6.92. The van der Waals surface area contributed by atoms with E-state index in [2.05, 4.69) is 188 Å². The van der Waals surface area contributed by atoms with Gasteiger partial charge in [-0.25, -0.2) is 0 Å². The van der Waals surface area contributed by atoms with Crippen LogP contribution in [0.4, 0.5) is 17.1 Å². The van der Waals surface area contributed by atoms with E-state index in [0.717, 1.165) is 27.9 Å². The Morgan fingerprint density at radius 3 is 1.87 bits per heavy atom. The molecule has 1 aromatic heterocycles. The summed E-state index contributed by atoms with van der Waals surface area (Å²) in [5, 5.41) is 2.36. The van der Waals surface area contributed by atoms with Gasteiger partial charge in [0.2, 0.25) is 0 Å². The fourth-order valence-electron chi connectivity index (χ4n) is 8.82. The number of hydrogen-bond acceptors (Lipinski definition) is 2. The topological polar surface area (TPSA) is 16.4 Å². The minimum Gasteiger partial charge on any atom is -0.456 e. The summed E-state index contributed by atoms with van der Waals surface area (Å²) in [6, 6.07) is 43.7. The van der Waals surface area contributed by atoms with Crippen molar-refractivity contribution < 1.29 is 4.42 Å². The van der Waals surface area contributed by atoms with Crippen LogP contribution in [0.2, 0.25) is 0 Å². The molecule has 0 N–H and O–H groups in total. The van der Waals surface area contributed by atoms with Crippen LogP contribution in [-0.2, 0) is 16.2 Å². The molecule has 52 heavy (non-hydrogen) atoms. The van der Waals surface area contributed by atoms with Crippen molar-refractivity contribution in [3.05, 3.63) is 138 Å². The summed E-state index contributed by atoms with van der Waals surface area (Å²) in [4.78, 5) is 5.37. The predicted molar refractivity (Wildman–Crippen MR) is 225 cm³/mol. The Morgan fingerprint density at radius 1 is 0.538 bits per heavy atom. The molecule has 0 atom stereocenters. The van der Waals surface area contributed by atoms with Crippen LogP contribution in [0.25, 0.3) is 44.2 Å². The van der Waals surface area contributed by atoms with E-state index in [1.165, 1.54) is 65.4 Å². The minimum atomic E-state index is -1.18. The fraction of sp³-hybridized carbons (Fsp3) is 0.265. The molecule has 1 aliphatic carbocycles. The molecular weight excluding hydrogens is 651 g/mol. The van der Waals surface area contributed by atoms with Gasteiger partial charge in [-0.1, -0.05) is 116 Å². The van der Waals surface area contributed by atoms with Gasteiger partial charge in [-0.15, -0.1) is 0 Å². The number of anilines is 3. The molecule has 2 nitrogen and oxygen atoms in total. The number of fused-ring (bicyclic) bond motifs is 9. The van der Waals surface area contributed by atoms with Crippen LogP contribution in [0.3, 0.4) is 0 Å². The zero-order valence-corrected chi connectivity index (χ0v) is 33.0. The van der Waals surface area contributed by atoms with Gasteiger partial charge in [-0.2, -0.15) is 10.0 Å². The van der Waals surface area contributed by atoms with Crippen LogP contribution >= 0.6 is 10.0 Å². The van der Waals surface area contributed by atoms with E-state index in [0.29, 0.717) is 0 Å². The minimum absolute atomic E-state index is 0.0263. The first-order valence-electron chi connectivity index (χ1n) is 18.6. The van der Waals surface area contributed by atoms with Gasteiger partial charge >= 0.3 is 0 Å². The Morgan fingerprint density at radius 2 is 1.13 bits per heavy atom. The molecule has 0 fully saturated rings. The average Bonchev–Trinajstić information content (AvgIpc) is 3.66. The van der Waals surface area contributed by atoms with Crippen molar-refractivity contribution >= 4 is 49.0 Å². The van der Waals surface area contributed by atoms with Crippen molar-refractivity contribution in [1.82, 2.24) is 0 Å². The Labute approximate surface area is 310 Å². The molecule has 2 aliphatic rings. The molecule has 9 rings (SSSR count). The average molecular weight is 700 g/mol. The Bertz CT molecular complexity index is 2500. The molecule has 0 spiro atoms. The van der Waals surface area contributed by atoms with Gasteiger partial charge in [0.25, 0.3) is 0 Å². The van der Waals surface area contributed by atoms with Crippen molar-refractivity contribution in [2.45, 2.75) is 81.4 Å². The summed E-state index contributed by atoms with van der Waals surface area (Å²) in [7, 11) is -1.18. The van der Waals surface area contributed by atoms with Gasteiger partial charge in [-0.05, 0) is 111 Å². The highest BCUT2D eigenvalue weighted by Crippen LogP contribution is 2.68. The van der Waals surface area contributed by atoms with Crippen molar-refractivity contribution in [3.8, 4) is 22.3 Å². The van der Waals surface area contributed by atoms with Gasteiger partial charge < -0.3 is 9.32 Å². The first-order chi connectivity index (χ1) is 24.5. The summed E-state index contributed by atoms with van der Waals surface area (Å²) in [6.07, 6.45) is 4.89. The quantitative estimate of drug-likeness (QED) is 0.183. The molecule has 6 aromatic carbocycles. The molecule has 0 saturated carbocycles. The van der Waals surface area contributed by atoms with E-state index in [1.54, 1.807) is 0 Å². The van der Waals surface area contributed by atoms with E-state index >= 15 is 0 Å². The van der Waals surface area contributed by atoms with E-state index in [4.69, 9.17) is 4.42 Å². The molecule has 0 radical (unpaired) electrons. The lowest BCUT2D eigenvalue weighted by Crippen LogP contribution is -2.16. The number of furan rings is 1. The molecule has 262 valence electrons. The molecule has 7 aromatic rings. The highest BCUT2D eigenvalue weighted by molar-refractivity contribution is 8.33. The zero-order valence-electron chi connectivity index (χ0n) is 32.2. The largest absolute Gasteiger partial charge is 0.456 e. The Balaban J connectivity index is 1.27. The number of benzene rings is 6. The number of rotatable bonds is 3. The molecule has 1 aliphatic heterocycles. The molecule has 0 amide bonds. The van der Waals surface area contributed by atoms with Crippen molar-refractivity contribution in [2.75, 3.05) is 17.4 Å². The van der Waals surface area contributed by atoms with Crippen molar-refractivity contribution in [1.29, 1.82) is 0 Å². The SMILES string of the molecule is CC(C)(C)c1cc(C(C)(C)C)c2oc3cc(N(c4ccc5c(c4)C(C)(C)c4ccccc4-5)c4ccc5c(c4)S(C)(C)c4ccccc4-5)ccc3c2c1. The maximum absolute atomic E-state index is 6.92. The number of nitrogens with zero attached hydrogens (tertiary/aromatic N) is 1. The van der Waals surface area contributed by atoms with E-state index in [9.17, 15) is 0 Å². The smallest absolute Gasteiger partial charge is 0.139 e. The third kappa shape index (κ3) is 4.78. The van der Waals surface area contributed by atoms with Gasteiger partial charge in [0.05, 0.1) is 0 Å². The molecule has 3 heteroatoms. The van der Waals surface area contributed by atoms with Crippen molar-refractivity contribution in [3.63, 3.8) is 0 Å². The summed E-state index contributed by atoms with van der Waals surface area (Å²) in [6.45, 7) is 18.5. The first-order valence-corrected chi connectivity index (χ1v) is 21.0. The maximum atomic E-state index is 6.92. The maximum Gasteiger partial charge on any atom is 0.139 e. The van der Waals surface area contributed by atoms with E-state index < -0.39 is 10.0 Å². The van der Waals surface area contributed by atoms with Crippen molar-refractivity contribution in [2.24, 2.45) is 0 Å². The first kappa shape index (κ1) is 33.1. The third-order valence-corrected chi connectivity index (χ3v) is 14.7. The standard InChI is InChI=1S/C49H49NOS/c1-47(2,3)30-25-39-36-23-20-32(28-43(36)51-46(39)42(26-30)48(4,5)6)50(31-19-22-35-34-15-11-13-17-40(34)49(7,8)41(35)27-31)33-21-24-38-37-16-12-14-18-44(37)52(9,10)45(38)29-33/h11-29H,1-10H3. The second kappa shape index (κ2) is 10.9. The Hall–Kier alpha value is -4.73. The van der Waals surface area contributed by atoms with Gasteiger partial charge in [0.1, 0.15) is 11.2 Å². The number of hydrogen-bond donors (Lipinski definition) is 0. The van der Waals surface area contributed by atoms with Gasteiger partial charge in [-0.3, -0.25) is 0 Å². The summed E-state index contributed by atoms with van der Waals surface area (Å²) in [5.74, 6) is 0. The van der Waals surface area contributed by atoms with Crippen LogP contribution < -0.4 is 4.90 Å². The van der Waals surface area contributed by atoms with Crippen LogP contribution in [0.15, 0.2) is 129 Å². The van der Waals surface area contributed by atoms with Gasteiger partial charge in [0, 0.05) is 54.7 Å². The second-order valence-corrected chi connectivity index (χ2v) is 21.5. The third-order valence-electron chi connectivity index (χ3n) is 11.8. The summed E-state index contributed by atoms with van der Waals surface area (Å²) in [5.41, 5.74) is 16.0. The molecule has 0 saturated heterocycles. The van der Waals surface area contributed by atoms with E-state index in [1.807, 2.05) is 0 Å². The lowest BCUT2D eigenvalue weighted by molar-refractivity contribution is 0.559. The highest BCUT2D eigenvalue weighted by atomic mass is 32.3. The van der Waals surface area contributed by atoms with Crippen LogP contribution in [0.1, 0.15) is 77.6 Å². The Kier molecular flexibility index (Phi) is 6.94. The molecule has 0 unspecified atom stereocenters.